The first-order valence-corrected chi connectivity index (χ1v) is 9.01. The van der Waals surface area contributed by atoms with Gasteiger partial charge in [-0.2, -0.15) is 0 Å². The Morgan fingerprint density at radius 3 is 2.12 bits per heavy atom. The van der Waals surface area contributed by atoms with E-state index in [9.17, 15) is 9.59 Å². The van der Waals surface area contributed by atoms with E-state index in [0.717, 1.165) is 9.13 Å². The van der Waals surface area contributed by atoms with Crippen LogP contribution in [0.1, 0.15) is 40.1 Å². The summed E-state index contributed by atoms with van der Waals surface area (Å²) in [6.45, 7) is 7.28. The van der Waals surface area contributed by atoms with Crippen molar-refractivity contribution in [3.63, 3.8) is 0 Å². The third-order valence-corrected chi connectivity index (χ3v) is 5.04. The van der Waals surface area contributed by atoms with Gasteiger partial charge in [-0.05, 0) is 85.3 Å². The number of carbonyl (C=O) groups is 2. The summed E-state index contributed by atoms with van der Waals surface area (Å²) in [6.07, 6.45) is 0. The summed E-state index contributed by atoms with van der Waals surface area (Å²) in [5.41, 5.74) is 3.06. The van der Waals surface area contributed by atoms with Crippen molar-refractivity contribution >= 4 is 40.1 Å². The van der Waals surface area contributed by atoms with Gasteiger partial charge in [0.25, 0.3) is 11.8 Å². The molecule has 2 aromatic rings. The van der Waals surface area contributed by atoms with Gasteiger partial charge >= 0.3 is 0 Å². The summed E-state index contributed by atoms with van der Waals surface area (Å²) in [5, 5.41) is 2.86. The maximum Gasteiger partial charge on any atom is 0.255 e. The highest BCUT2D eigenvalue weighted by Gasteiger charge is 2.13. The zero-order chi connectivity index (χ0) is 17.7. The Bertz CT molecular complexity index is 738. The van der Waals surface area contributed by atoms with Gasteiger partial charge in [0.05, 0.1) is 0 Å². The van der Waals surface area contributed by atoms with Gasteiger partial charge in [-0.25, -0.2) is 0 Å². The summed E-state index contributed by atoms with van der Waals surface area (Å²) in [5.74, 6) is -0.151. The van der Waals surface area contributed by atoms with Crippen LogP contribution in [-0.4, -0.2) is 29.8 Å². The van der Waals surface area contributed by atoms with E-state index in [1.54, 1.807) is 29.2 Å². The van der Waals surface area contributed by atoms with Crippen LogP contribution in [0.25, 0.3) is 0 Å². The SMILES string of the molecule is CCN(CC)C(=O)c1ccc(NC(=O)c2ccc(C)c(I)c2)cc1. The molecule has 0 spiro atoms. The molecule has 0 heterocycles. The van der Waals surface area contributed by atoms with Gasteiger partial charge in [0.1, 0.15) is 0 Å². The second kappa shape index (κ2) is 8.28. The number of hydrogen-bond donors (Lipinski definition) is 1. The molecule has 0 aliphatic carbocycles. The van der Waals surface area contributed by atoms with Crippen molar-refractivity contribution in [2.24, 2.45) is 0 Å². The van der Waals surface area contributed by atoms with Crippen molar-refractivity contribution in [3.05, 3.63) is 62.7 Å². The predicted molar refractivity (Wildman–Crippen MR) is 106 cm³/mol. The lowest BCUT2D eigenvalue weighted by atomic mass is 10.1. The number of aryl methyl sites for hydroxylation is 1. The molecule has 24 heavy (non-hydrogen) atoms. The Labute approximate surface area is 156 Å². The molecule has 1 N–H and O–H groups in total. The molecule has 5 heteroatoms. The molecule has 2 amide bonds. The second-order valence-electron chi connectivity index (χ2n) is 5.47. The fraction of sp³-hybridized carbons (Fsp3) is 0.263. The van der Waals surface area contributed by atoms with Crippen LogP contribution in [0.5, 0.6) is 0 Å². The molecule has 0 aliphatic rings. The van der Waals surface area contributed by atoms with Crippen molar-refractivity contribution in [1.29, 1.82) is 0 Å². The lowest BCUT2D eigenvalue weighted by Gasteiger charge is -2.18. The molecule has 2 rings (SSSR count). The van der Waals surface area contributed by atoms with Gasteiger partial charge in [-0.15, -0.1) is 0 Å². The minimum Gasteiger partial charge on any atom is -0.339 e. The maximum atomic E-state index is 12.3. The average molecular weight is 436 g/mol. The summed E-state index contributed by atoms with van der Waals surface area (Å²) < 4.78 is 1.06. The number of rotatable bonds is 5. The van der Waals surface area contributed by atoms with Crippen LogP contribution in [0.2, 0.25) is 0 Å². The quantitative estimate of drug-likeness (QED) is 0.710. The van der Waals surface area contributed by atoms with Crippen LogP contribution >= 0.6 is 22.6 Å². The van der Waals surface area contributed by atoms with Gasteiger partial charge in [0, 0.05) is 33.5 Å². The van der Waals surface area contributed by atoms with Gasteiger partial charge in [0.2, 0.25) is 0 Å². The van der Waals surface area contributed by atoms with Crippen LogP contribution in [0, 0.1) is 10.5 Å². The molecule has 0 bridgehead atoms. The minimum atomic E-state index is -0.157. The van der Waals surface area contributed by atoms with E-state index in [2.05, 4.69) is 27.9 Å². The van der Waals surface area contributed by atoms with Gasteiger partial charge in [-0.1, -0.05) is 6.07 Å². The number of anilines is 1. The molecule has 0 atom stereocenters. The van der Waals surface area contributed by atoms with Gasteiger partial charge in [0.15, 0.2) is 0 Å². The van der Waals surface area contributed by atoms with Crippen molar-refractivity contribution in [2.75, 3.05) is 18.4 Å². The first-order valence-electron chi connectivity index (χ1n) is 7.93. The summed E-state index contributed by atoms with van der Waals surface area (Å²) >= 11 is 2.22. The van der Waals surface area contributed by atoms with Crippen LogP contribution in [-0.2, 0) is 0 Å². The van der Waals surface area contributed by atoms with Crippen LogP contribution in [0.15, 0.2) is 42.5 Å². The van der Waals surface area contributed by atoms with Crippen LogP contribution in [0.4, 0.5) is 5.69 Å². The molecule has 0 saturated carbocycles. The molecule has 126 valence electrons. The number of hydrogen-bond acceptors (Lipinski definition) is 2. The lowest BCUT2D eigenvalue weighted by molar-refractivity contribution is 0.0773. The highest BCUT2D eigenvalue weighted by atomic mass is 127. The summed E-state index contributed by atoms with van der Waals surface area (Å²) in [4.78, 5) is 26.3. The van der Waals surface area contributed by atoms with E-state index in [-0.39, 0.29) is 11.8 Å². The van der Waals surface area contributed by atoms with E-state index in [1.165, 1.54) is 0 Å². The Morgan fingerprint density at radius 2 is 1.58 bits per heavy atom. The summed E-state index contributed by atoms with van der Waals surface area (Å²) in [7, 11) is 0. The Hall–Kier alpha value is -1.89. The molecule has 0 saturated heterocycles. The van der Waals surface area contributed by atoms with Crippen molar-refractivity contribution in [2.45, 2.75) is 20.8 Å². The molecular weight excluding hydrogens is 415 g/mol. The highest BCUT2D eigenvalue weighted by Crippen LogP contribution is 2.16. The van der Waals surface area contributed by atoms with E-state index in [4.69, 9.17) is 0 Å². The molecular formula is C19H21IN2O2. The smallest absolute Gasteiger partial charge is 0.255 e. The molecule has 4 nitrogen and oxygen atoms in total. The third kappa shape index (κ3) is 4.35. The number of nitrogens with one attached hydrogen (secondary N) is 1. The van der Waals surface area contributed by atoms with E-state index in [0.29, 0.717) is 29.9 Å². The molecule has 0 radical (unpaired) electrons. The second-order valence-corrected chi connectivity index (χ2v) is 6.64. The number of benzene rings is 2. The number of carbonyl (C=O) groups excluding carboxylic acids is 2. The van der Waals surface area contributed by atoms with Crippen molar-refractivity contribution in [1.82, 2.24) is 4.90 Å². The first-order chi connectivity index (χ1) is 11.5. The van der Waals surface area contributed by atoms with E-state index >= 15 is 0 Å². The summed E-state index contributed by atoms with van der Waals surface area (Å²) in [6, 6.07) is 12.6. The van der Waals surface area contributed by atoms with Crippen molar-refractivity contribution in [3.8, 4) is 0 Å². The third-order valence-electron chi connectivity index (χ3n) is 3.87. The zero-order valence-electron chi connectivity index (χ0n) is 14.1. The predicted octanol–water partition coefficient (Wildman–Crippen LogP) is 4.33. The first kappa shape index (κ1) is 18.4. The number of amides is 2. The highest BCUT2D eigenvalue weighted by molar-refractivity contribution is 14.1. The molecule has 2 aromatic carbocycles. The maximum absolute atomic E-state index is 12.3. The van der Waals surface area contributed by atoms with E-state index in [1.807, 2.05) is 39.0 Å². The lowest BCUT2D eigenvalue weighted by Crippen LogP contribution is -2.30. The number of nitrogens with zero attached hydrogens (tertiary/aromatic N) is 1. The minimum absolute atomic E-state index is 0.00552. The standard InChI is InChI=1S/C19H21IN2O2/c1-4-22(5-2)19(24)14-8-10-16(11-9-14)21-18(23)15-7-6-13(3)17(20)12-15/h6-12H,4-5H2,1-3H3,(H,21,23). The normalized spacial score (nSPS) is 10.3. The Balaban J connectivity index is 2.09. The van der Waals surface area contributed by atoms with E-state index < -0.39 is 0 Å². The van der Waals surface area contributed by atoms with Gasteiger partial charge < -0.3 is 10.2 Å². The van der Waals surface area contributed by atoms with Crippen LogP contribution in [0.3, 0.4) is 0 Å². The molecule has 0 fully saturated rings. The van der Waals surface area contributed by atoms with Gasteiger partial charge in [-0.3, -0.25) is 9.59 Å². The fourth-order valence-electron chi connectivity index (χ4n) is 2.33. The van der Waals surface area contributed by atoms with Crippen LogP contribution < -0.4 is 5.32 Å². The average Bonchev–Trinajstić information content (AvgIpc) is 2.59. The zero-order valence-corrected chi connectivity index (χ0v) is 16.3. The fourth-order valence-corrected chi connectivity index (χ4v) is 2.84. The topological polar surface area (TPSA) is 49.4 Å². The molecule has 0 aromatic heterocycles. The molecule has 0 aliphatic heterocycles. The largest absolute Gasteiger partial charge is 0.339 e. The Kier molecular flexibility index (Phi) is 6.36. The monoisotopic (exact) mass is 436 g/mol. The number of halogens is 1. The molecule has 0 unspecified atom stereocenters. The van der Waals surface area contributed by atoms with Crippen molar-refractivity contribution < 1.29 is 9.59 Å². The Morgan fingerprint density at radius 1 is 1.00 bits per heavy atom.